The van der Waals surface area contributed by atoms with E-state index in [4.69, 9.17) is 0 Å². The Balaban J connectivity index is 2.23. The molecule has 0 spiro atoms. The first-order valence-electron chi connectivity index (χ1n) is 7.38. The molecule has 1 aliphatic carbocycles. The van der Waals surface area contributed by atoms with Gasteiger partial charge in [-0.1, -0.05) is 20.8 Å². The lowest BCUT2D eigenvalue weighted by Gasteiger charge is -2.26. The highest BCUT2D eigenvalue weighted by Gasteiger charge is 2.30. The van der Waals surface area contributed by atoms with Crippen molar-refractivity contribution >= 4 is 21.4 Å². The fourth-order valence-corrected chi connectivity index (χ4v) is 5.49. The summed E-state index contributed by atoms with van der Waals surface area (Å²) in [5.74, 6) is 0. The van der Waals surface area contributed by atoms with Crippen molar-refractivity contribution in [3.05, 3.63) is 15.8 Å². The van der Waals surface area contributed by atoms with Crippen molar-refractivity contribution < 1.29 is 8.42 Å². The Morgan fingerprint density at radius 3 is 2.52 bits per heavy atom. The molecule has 21 heavy (non-hydrogen) atoms. The van der Waals surface area contributed by atoms with Crippen molar-refractivity contribution in [1.29, 1.82) is 0 Å². The molecule has 1 heterocycles. The Kier molecular flexibility index (Phi) is 4.83. The third kappa shape index (κ3) is 4.28. The third-order valence-electron chi connectivity index (χ3n) is 3.48. The molecule has 0 radical (unpaired) electrons. The topological polar surface area (TPSA) is 49.4 Å². The highest BCUT2D eigenvalue weighted by Crippen LogP contribution is 2.31. The molecule has 1 aliphatic rings. The van der Waals surface area contributed by atoms with Gasteiger partial charge in [-0.2, -0.15) is 0 Å². The van der Waals surface area contributed by atoms with Crippen molar-refractivity contribution in [3.8, 4) is 0 Å². The van der Waals surface area contributed by atoms with Gasteiger partial charge in [0.1, 0.15) is 4.90 Å². The van der Waals surface area contributed by atoms with E-state index in [2.05, 4.69) is 26.1 Å². The Hall–Kier alpha value is -0.430. The average Bonchev–Trinajstić information content (AvgIpc) is 3.07. The largest absolute Gasteiger partial charge is 0.309 e. The van der Waals surface area contributed by atoms with Crippen LogP contribution in [0.3, 0.4) is 0 Å². The molecule has 1 aromatic rings. The first-order chi connectivity index (χ1) is 9.61. The summed E-state index contributed by atoms with van der Waals surface area (Å²) < 4.78 is 27.2. The molecular weight excluding hydrogens is 304 g/mol. The summed E-state index contributed by atoms with van der Waals surface area (Å²) in [5, 5.41) is 5.36. The summed E-state index contributed by atoms with van der Waals surface area (Å²) in [6, 6.07) is 0.579. The summed E-state index contributed by atoms with van der Waals surface area (Å²) in [4.78, 5) is 1.44. The van der Waals surface area contributed by atoms with Gasteiger partial charge in [0.15, 0.2) is 0 Å². The summed E-state index contributed by atoms with van der Waals surface area (Å²) in [6.45, 7) is 9.20. The van der Waals surface area contributed by atoms with E-state index >= 15 is 0 Å². The maximum absolute atomic E-state index is 12.9. The van der Waals surface area contributed by atoms with Crippen LogP contribution < -0.4 is 5.32 Å². The summed E-state index contributed by atoms with van der Waals surface area (Å²) in [6.07, 6.45) is 2.41. The van der Waals surface area contributed by atoms with Gasteiger partial charge >= 0.3 is 0 Å². The summed E-state index contributed by atoms with van der Waals surface area (Å²) in [7, 11) is -1.74. The second kappa shape index (κ2) is 5.99. The van der Waals surface area contributed by atoms with Crippen LogP contribution in [0.5, 0.6) is 0 Å². The Morgan fingerprint density at radius 2 is 2.00 bits per heavy atom. The summed E-state index contributed by atoms with van der Waals surface area (Å²) in [5.41, 5.74) is 0.798. The number of rotatable bonds is 6. The van der Waals surface area contributed by atoms with Gasteiger partial charge in [-0.15, -0.1) is 11.3 Å². The van der Waals surface area contributed by atoms with E-state index in [-0.39, 0.29) is 5.41 Å². The highest BCUT2D eigenvalue weighted by molar-refractivity contribution is 7.89. The molecule has 120 valence electrons. The standard InChI is InChI=1S/C15H26N2O2S2/c1-11-9-20-13(8-16-12-6-7-12)14(11)21(18,19)17(5)10-15(2,3)4/h9,12,16H,6-8,10H2,1-5H3. The van der Waals surface area contributed by atoms with Gasteiger partial charge in [-0.05, 0) is 36.1 Å². The van der Waals surface area contributed by atoms with Crippen LogP contribution in [0.1, 0.15) is 44.1 Å². The maximum atomic E-state index is 12.9. The first kappa shape index (κ1) is 16.9. The van der Waals surface area contributed by atoms with Crippen LogP contribution in [0.2, 0.25) is 0 Å². The molecular formula is C15H26N2O2S2. The second-order valence-electron chi connectivity index (χ2n) is 7.15. The van der Waals surface area contributed by atoms with Crippen LogP contribution in [0.4, 0.5) is 0 Å². The Labute approximate surface area is 132 Å². The van der Waals surface area contributed by atoms with Crippen LogP contribution in [0, 0.1) is 12.3 Å². The molecule has 0 saturated heterocycles. The fraction of sp³-hybridized carbons (Fsp3) is 0.733. The predicted octanol–water partition coefficient (Wildman–Crippen LogP) is 2.98. The van der Waals surface area contributed by atoms with Gasteiger partial charge in [0, 0.05) is 31.1 Å². The molecule has 0 bridgehead atoms. The van der Waals surface area contributed by atoms with Gasteiger partial charge in [-0.25, -0.2) is 12.7 Å². The van der Waals surface area contributed by atoms with Crippen molar-refractivity contribution in [2.75, 3.05) is 13.6 Å². The molecule has 1 saturated carbocycles. The smallest absolute Gasteiger partial charge is 0.244 e. The zero-order valence-corrected chi connectivity index (χ0v) is 15.2. The van der Waals surface area contributed by atoms with Crippen molar-refractivity contribution in [2.24, 2.45) is 5.41 Å². The van der Waals surface area contributed by atoms with Crippen molar-refractivity contribution in [2.45, 2.75) is 58.0 Å². The normalized spacial score (nSPS) is 16.7. The number of hydrogen-bond acceptors (Lipinski definition) is 4. The van der Waals surface area contributed by atoms with Gasteiger partial charge in [0.05, 0.1) is 0 Å². The molecule has 4 nitrogen and oxygen atoms in total. The number of thiophene rings is 1. The number of nitrogens with zero attached hydrogens (tertiary/aromatic N) is 1. The number of hydrogen-bond donors (Lipinski definition) is 1. The average molecular weight is 331 g/mol. The van der Waals surface area contributed by atoms with E-state index < -0.39 is 10.0 Å². The maximum Gasteiger partial charge on any atom is 0.244 e. The van der Waals surface area contributed by atoms with Gasteiger partial charge in [-0.3, -0.25) is 0 Å². The van der Waals surface area contributed by atoms with E-state index in [9.17, 15) is 8.42 Å². The molecule has 1 fully saturated rings. The molecule has 0 amide bonds. The van der Waals surface area contributed by atoms with Crippen LogP contribution in [-0.4, -0.2) is 32.4 Å². The molecule has 2 rings (SSSR count). The molecule has 0 aromatic carbocycles. The predicted molar refractivity (Wildman–Crippen MR) is 88.2 cm³/mol. The van der Waals surface area contributed by atoms with Crippen LogP contribution >= 0.6 is 11.3 Å². The number of aryl methyl sites for hydroxylation is 1. The quantitative estimate of drug-likeness (QED) is 0.872. The lowest BCUT2D eigenvalue weighted by Crippen LogP contribution is -2.35. The minimum absolute atomic E-state index is 0.0574. The number of nitrogens with one attached hydrogen (secondary N) is 1. The molecule has 1 N–H and O–H groups in total. The first-order valence-corrected chi connectivity index (χ1v) is 9.70. The van der Waals surface area contributed by atoms with Gasteiger partial charge < -0.3 is 5.32 Å². The SMILES string of the molecule is Cc1csc(CNC2CC2)c1S(=O)(=O)N(C)CC(C)(C)C. The second-order valence-corrected chi connectivity index (χ2v) is 10.1. The van der Waals surface area contributed by atoms with Crippen molar-refractivity contribution in [3.63, 3.8) is 0 Å². The van der Waals surface area contributed by atoms with E-state index in [1.807, 2.05) is 12.3 Å². The van der Waals surface area contributed by atoms with Gasteiger partial charge in [0.25, 0.3) is 0 Å². The van der Waals surface area contributed by atoms with E-state index in [1.54, 1.807) is 7.05 Å². The summed E-state index contributed by atoms with van der Waals surface area (Å²) >= 11 is 1.54. The molecule has 0 atom stereocenters. The monoisotopic (exact) mass is 330 g/mol. The zero-order chi connectivity index (χ0) is 15.8. The van der Waals surface area contributed by atoms with Crippen LogP contribution in [0.15, 0.2) is 10.3 Å². The van der Waals surface area contributed by atoms with E-state index in [1.165, 1.54) is 28.5 Å². The Bertz CT molecular complexity index is 596. The molecule has 6 heteroatoms. The molecule has 1 aromatic heterocycles. The minimum Gasteiger partial charge on any atom is -0.309 e. The van der Waals surface area contributed by atoms with E-state index in [0.29, 0.717) is 24.0 Å². The van der Waals surface area contributed by atoms with Crippen molar-refractivity contribution in [1.82, 2.24) is 9.62 Å². The lowest BCUT2D eigenvalue weighted by molar-refractivity contribution is 0.310. The zero-order valence-electron chi connectivity index (χ0n) is 13.6. The third-order valence-corrected chi connectivity index (χ3v) is 6.75. The highest BCUT2D eigenvalue weighted by atomic mass is 32.2. The molecule has 0 aliphatic heterocycles. The molecule has 0 unspecified atom stereocenters. The van der Waals surface area contributed by atoms with E-state index in [0.717, 1.165) is 10.4 Å². The van der Waals surface area contributed by atoms with Crippen LogP contribution in [-0.2, 0) is 16.6 Å². The van der Waals surface area contributed by atoms with Crippen LogP contribution in [0.25, 0.3) is 0 Å². The minimum atomic E-state index is -3.41. The lowest BCUT2D eigenvalue weighted by atomic mass is 9.97. The number of sulfonamides is 1. The van der Waals surface area contributed by atoms with Gasteiger partial charge in [0.2, 0.25) is 10.0 Å². The Morgan fingerprint density at radius 1 is 1.38 bits per heavy atom. The fourth-order valence-electron chi connectivity index (χ4n) is 2.39.